The van der Waals surface area contributed by atoms with Crippen molar-refractivity contribution in [3.63, 3.8) is 0 Å². The summed E-state index contributed by atoms with van der Waals surface area (Å²) >= 11 is 0. The maximum absolute atomic E-state index is 11.2. The van der Waals surface area contributed by atoms with Gasteiger partial charge in [-0.1, -0.05) is 6.07 Å². The van der Waals surface area contributed by atoms with Crippen LogP contribution in [-0.2, 0) is 10.0 Å². The molecule has 0 aromatic carbocycles. The van der Waals surface area contributed by atoms with E-state index in [1.165, 1.54) is 12.5 Å². The Morgan fingerprint density at radius 2 is 2.24 bits per heavy atom. The first-order chi connectivity index (χ1) is 9.76. The van der Waals surface area contributed by atoms with Gasteiger partial charge in [0.25, 0.3) is 10.0 Å². The second-order valence-electron chi connectivity index (χ2n) is 6.18. The number of nitrogens with one attached hydrogen (secondary N) is 1. The number of aromatic nitrogens is 1. The van der Waals surface area contributed by atoms with Gasteiger partial charge in [0, 0.05) is 11.6 Å². The van der Waals surface area contributed by atoms with Crippen LogP contribution in [0.25, 0.3) is 0 Å². The largest absolute Gasteiger partial charge is 0.478 e. The van der Waals surface area contributed by atoms with Crippen LogP contribution in [0.15, 0.2) is 23.2 Å². The zero-order valence-electron chi connectivity index (χ0n) is 12.5. The molecule has 1 aliphatic rings. The van der Waals surface area contributed by atoms with Crippen LogP contribution >= 0.6 is 0 Å². The van der Waals surface area contributed by atoms with E-state index < -0.39 is 10.0 Å². The third-order valence-corrected chi connectivity index (χ3v) is 4.47. The van der Waals surface area contributed by atoms with Crippen molar-refractivity contribution in [2.75, 3.05) is 13.2 Å². The molecular formula is C14H23N3O3S. The van der Waals surface area contributed by atoms with Crippen LogP contribution in [0.4, 0.5) is 0 Å². The van der Waals surface area contributed by atoms with Gasteiger partial charge < -0.3 is 10.1 Å². The van der Waals surface area contributed by atoms with E-state index in [0.717, 1.165) is 19.4 Å². The molecule has 3 N–H and O–H groups in total. The first-order valence-corrected chi connectivity index (χ1v) is 8.69. The zero-order valence-corrected chi connectivity index (χ0v) is 13.3. The van der Waals surface area contributed by atoms with Gasteiger partial charge in [-0.15, -0.1) is 0 Å². The topological polar surface area (TPSA) is 94.3 Å². The van der Waals surface area contributed by atoms with Crippen molar-refractivity contribution in [2.45, 2.75) is 43.7 Å². The SMILES string of the molecule is CC1(C)CC(CCCOc2cccc(S(N)(=O)=O)n2)CN1. The molecule has 1 aromatic rings. The standard InChI is InChI=1S/C14H23N3O3S/c1-14(2)9-11(10-16-14)5-4-8-20-12-6-3-7-13(17-12)21(15,18)19/h3,6-7,11,16H,4-5,8-10H2,1-2H3,(H2,15,18,19). The number of rotatable bonds is 6. The van der Waals surface area contributed by atoms with Gasteiger partial charge >= 0.3 is 0 Å². The number of sulfonamides is 1. The summed E-state index contributed by atoms with van der Waals surface area (Å²) in [5.74, 6) is 0.971. The molecule has 21 heavy (non-hydrogen) atoms. The van der Waals surface area contributed by atoms with E-state index in [1.807, 2.05) is 0 Å². The van der Waals surface area contributed by atoms with Crippen LogP contribution in [0.2, 0.25) is 0 Å². The fourth-order valence-corrected chi connectivity index (χ4v) is 3.16. The quantitative estimate of drug-likeness (QED) is 0.771. The van der Waals surface area contributed by atoms with Crippen molar-refractivity contribution in [3.05, 3.63) is 18.2 Å². The summed E-state index contributed by atoms with van der Waals surface area (Å²) in [7, 11) is -3.78. The minimum Gasteiger partial charge on any atom is -0.478 e. The molecule has 0 spiro atoms. The predicted octanol–water partition coefficient (Wildman–Crippen LogP) is 1.28. The highest BCUT2D eigenvalue weighted by Crippen LogP contribution is 2.26. The van der Waals surface area contributed by atoms with Gasteiger partial charge in [0.15, 0.2) is 5.03 Å². The molecule has 2 heterocycles. The number of pyridine rings is 1. The Kier molecular flexibility index (Phi) is 4.85. The number of hydrogen-bond acceptors (Lipinski definition) is 5. The van der Waals surface area contributed by atoms with Crippen LogP contribution in [0.3, 0.4) is 0 Å². The average Bonchev–Trinajstić information content (AvgIpc) is 2.74. The average molecular weight is 313 g/mol. The Bertz CT molecular complexity index is 587. The highest BCUT2D eigenvalue weighted by molar-refractivity contribution is 7.89. The summed E-state index contributed by atoms with van der Waals surface area (Å²) < 4.78 is 27.9. The molecule has 1 aliphatic heterocycles. The number of hydrogen-bond donors (Lipinski definition) is 2. The second kappa shape index (κ2) is 6.29. The highest BCUT2D eigenvalue weighted by Gasteiger charge is 2.29. The van der Waals surface area contributed by atoms with Crippen molar-refractivity contribution < 1.29 is 13.2 Å². The monoisotopic (exact) mass is 313 g/mol. The first-order valence-electron chi connectivity index (χ1n) is 7.14. The summed E-state index contributed by atoms with van der Waals surface area (Å²) in [5, 5.41) is 8.37. The highest BCUT2D eigenvalue weighted by atomic mass is 32.2. The number of nitrogens with two attached hydrogens (primary N) is 1. The Morgan fingerprint density at radius 1 is 1.48 bits per heavy atom. The molecule has 118 valence electrons. The molecule has 1 atom stereocenters. The molecule has 0 aliphatic carbocycles. The summed E-state index contributed by atoms with van der Waals surface area (Å²) in [6, 6.07) is 4.56. The van der Waals surface area contributed by atoms with E-state index in [9.17, 15) is 8.42 Å². The molecule has 0 radical (unpaired) electrons. The maximum atomic E-state index is 11.2. The number of primary sulfonamides is 1. The van der Waals surface area contributed by atoms with Crippen molar-refractivity contribution in [1.82, 2.24) is 10.3 Å². The van der Waals surface area contributed by atoms with Gasteiger partial charge in [-0.25, -0.2) is 18.5 Å². The van der Waals surface area contributed by atoms with E-state index in [0.29, 0.717) is 18.4 Å². The third-order valence-electron chi connectivity index (χ3n) is 3.66. The molecule has 1 aromatic heterocycles. The van der Waals surface area contributed by atoms with E-state index >= 15 is 0 Å². The third kappa shape index (κ3) is 4.94. The van der Waals surface area contributed by atoms with Gasteiger partial charge in [0.05, 0.1) is 6.61 Å². The van der Waals surface area contributed by atoms with E-state index in [-0.39, 0.29) is 10.6 Å². The Labute approximate surface area is 126 Å². The molecule has 0 amide bonds. The summed E-state index contributed by atoms with van der Waals surface area (Å²) in [4.78, 5) is 3.89. The lowest BCUT2D eigenvalue weighted by atomic mass is 9.94. The van der Waals surface area contributed by atoms with Crippen LogP contribution in [0.1, 0.15) is 33.1 Å². The molecule has 2 rings (SSSR count). The van der Waals surface area contributed by atoms with Gasteiger partial charge in [-0.05, 0) is 51.6 Å². The molecule has 1 saturated heterocycles. The van der Waals surface area contributed by atoms with Gasteiger partial charge in [-0.3, -0.25) is 0 Å². The van der Waals surface area contributed by atoms with Crippen molar-refractivity contribution in [2.24, 2.45) is 11.1 Å². The van der Waals surface area contributed by atoms with Crippen LogP contribution in [-0.4, -0.2) is 32.1 Å². The number of nitrogens with zero attached hydrogens (tertiary/aromatic N) is 1. The lowest BCUT2D eigenvalue weighted by Gasteiger charge is -2.17. The van der Waals surface area contributed by atoms with Gasteiger partial charge in [-0.2, -0.15) is 0 Å². The van der Waals surface area contributed by atoms with Gasteiger partial charge in [0.2, 0.25) is 5.88 Å². The molecular weight excluding hydrogens is 290 g/mol. The molecule has 6 nitrogen and oxygen atoms in total. The smallest absolute Gasteiger partial charge is 0.255 e. The predicted molar refractivity (Wildman–Crippen MR) is 80.5 cm³/mol. The fourth-order valence-electron chi connectivity index (χ4n) is 2.67. The molecule has 7 heteroatoms. The Balaban J connectivity index is 1.77. The Morgan fingerprint density at radius 3 is 2.86 bits per heavy atom. The molecule has 0 saturated carbocycles. The van der Waals surface area contributed by atoms with Crippen LogP contribution in [0, 0.1) is 5.92 Å². The van der Waals surface area contributed by atoms with Crippen molar-refractivity contribution >= 4 is 10.0 Å². The second-order valence-corrected chi connectivity index (χ2v) is 7.69. The summed E-state index contributed by atoms with van der Waals surface area (Å²) in [5.41, 5.74) is 0.233. The minimum absolute atomic E-state index is 0.165. The van der Waals surface area contributed by atoms with Crippen molar-refractivity contribution in [1.29, 1.82) is 0 Å². The summed E-state index contributed by atoms with van der Waals surface area (Å²) in [6.07, 6.45) is 3.18. The van der Waals surface area contributed by atoms with E-state index in [4.69, 9.17) is 9.88 Å². The Hall–Kier alpha value is -1.18. The molecule has 1 fully saturated rings. The minimum atomic E-state index is -3.78. The van der Waals surface area contributed by atoms with Crippen LogP contribution in [0.5, 0.6) is 5.88 Å². The number of ether oxygens (including phenoxy) is 1. The normalized spacial score (nSPS) is 21.4. The van der Waals surface area contributed by atoms with E-state index in [1.54, 1.807) is 12.1 Å². The van der Waals surface area contributed by atoms with Gasteiger partial charge in [0.1, 0.15) is 0 Å². The first kappa shape index (κ1) is 16.2. The fraction of sp³-hybridized carbons (Fsp3) is 0.643. The lowest BCUT2D eigenvalue weighted by molar-refractivity contribution is 0.281. The molecule has 0 bridgehead atoms. The zero-order chi connectivity index (χ0) is 15.5. The van der Waals surface area contributed by atoms with Crippen LogP contribution < -0.4 is 15.2 Å². The maximum Gasteiger partial charge on any atom is 0.255 e. The lowest BCUT2D eigenvalue weighted by Crippen LogP contribution is -2.31. The molecule has 1 unspecified atom stereocenters. The summed E-state index contributed by atoms with van der Waals surface area (Å²) in [6.45, 7) is 6.00. The van der Waals surface area contributed by atoms with Crippen molar-refractivity contribution in [3.8, 4) is 5.88 Å². The van der Waals surface area contributed by atoms with E-state index in [2.05, 4.69) is 24.1 Å².